The van der Waals surface area contributed by atoms with E-state index in [2.05, 4.69) is 11.3 Å². The van der Waals surface area contributed by atoms with Crippen molar-refractivity contribution in [2.45, 2.75) is 20.8 Å². The zero-order valence-electron chi connectivity index (χ0n) is 8.83. The van der Waals surface area contributed by atoms with Gasteiger partial charge in [0.15, 0.2) is 0 Å². The number of carbonyl (C=O) groups is 2. The van der Waals surface area contributed by atoms with Crippen molar-refractivity contribution in [2.24, 2.45) is 5.41 Å². The smallest absolute Gasteiger partial charge is 0.339 e. The summed E-state index contributed by atoms with van der Waals surface area (Å²) in [6.45, 7) is 8.47. The largest absolute Gasteiger partial charge is 0.391 e. The van der Waals surface area contributed by atoms with Gasteiger partial charge in [0.1, 0.15) is 6.61 Å². The Hall–Kier alpha value is -1.16. The van der Waals surface area contributed by atoms with Crippen LogP contribution in [0.2, 0.25) is 0 Å². The Morgan fingerprint density at radius 2 is 1.93 bits per heavy atom. The maximum Gasteiger partial charge on any atom is 0.339 e. The number of hydrogen-bond acceptors (Lipinski definition) is 4. The standard InChI is InChI=1S/C10H16O4/c1-5-6-13-7-8(11)14-9(12)10(2,3)4/h5H,1,6-7H2,2-4H3. The summed E-state index contributed by atoms with van der Waals surface area (Å²) in [5, 5.41) is 0. The first-order valence-corrected chi connectivity index (χ1v) is 4.31. The third-order valence-electron chi connectivity index (χ3n) is 1.27. The molecule has 0 aromatic heterocycles. The second-order valence-corrected chi connectivity index (χ2v) is 3.82. The van der Waals surface area contributed by atoms with Gasteiger partial charge in [-0.3, -0.25) is 4.79 Å². The van der Waals surface area contributed by atoms with E-state index in [-0.39, 0.29) is 13.2 Å². The van der Waals surface area contributed by atoms with Gasteiger partial charge in [-0.25, -0.2) is 4.79 Å². The highest BCUT2D eigenvalue weighted by atomic mass is 16.6. The molecule has 0 aromatic rings. The summed E-state index contributed by atoms with van der Waals surface area (Å²) in [6, 6.07) is 0. The maximum absolute atomic E-state index is 11.2. The lowest BCUT2D eigenvalue weighted by Gasteiger charge is -2.14. The summed E-state index contributed by atoms with van der Waals surface area (Å²) >= 11 is 0. The lowest BCUT2D eigenvalue weighted by atomic mass is 9.97. The molecule has 0 aliphatic heterocycles. The van der Waals surface area contributed by atoms with Crippen LogP contribution < -0.4 is 0 Å². The molecule has 0 aliphatic carbocycles. The van der Waals surface area contributed by atoms with Crippen LogP contribution in [-0.4, -0.2) is 25.2 Å². The van der Waals surface area contributed by atoms with Crippen LogP contribution in [0.3, 0.4) is 0 Å². The number of carbonyl (C=O) groups excluding carboxylic acids is 2. The van der Waals surface area contributed by atoms with Crippen molar-refractivity contribution in [3.05, 3.63) is 12.7 Å². The lowest BCUT2D eigenvalue weighted by molar-refractivity contribution is -0.168. The summed E-state index contributed by atoms with van der Waals surface area (Å²) in [5.74, 6) is -1.23. The highest BCUT2D eigenvalue weighted by molar-refractivity contribution is 5.88. The van der Waals surface area contributed by atoms with E-state index in [0.29, 0.717) is 0 Å². The fourth-order valence-corrected chi connectivity index (χ4v) is 0.512. The third-order valence-corrected chi connectivity index (χ3v) is 1.27. The van der Waals surface area contributed by atoms with Gasteiger partial charge in [0.2, 0.25) is 0 Å². The van der Waals surface area contributed by atoms with E-state index >= 15 is 0 Å². The van der Waals surface area contributed by atoms with Crippen LogP contribution in [-0.2, 0) is 19.1 Å². The van der Waals surface area contributed by atoms with Crippen LogP contribution in [0.5, 0.6) is 0 Å². The quantitative estimate of drug-likeness (QED) is 0.297. The van der Waals surface area contributed by atoms with Gasteiger partial charge < -0.3 is 9.47 Å². The van der Waals surface area contributed by atoms with Crippen molar-refractivity contribution in [3.63, 3.8) is 0 Å². The molecule has 0 fully saturated rings. The number of esters is 2. The molecule has 0 unspecified atom stereocenters. The van der Waals surface area contributed by atoms with E-state index in [1.165, 1.54) is 6.08 Å². The minimum absolute atomic E-state index is 0.228. The van der Waals surface area contributed by atoms with Crippen molar-refractivity contribution < 1.29 is 19.1 Å². The molecule has 0 spiro atoms. The van der Waals surface area contributed by atoms with Crippen molar-refractivity contribution in [2.75, 3.05) is 13.2 Å². The van der Waals surface area contributed by atoms with Gasteiger partial charge in [-0.1, -0.05) is 6.08 Å². The molecular formula is C10H16O4. The fourth-order valence-electron chi connectivity index (χ4n) is 0.512. The van der Waals surface area contributed by atoms with Crippen LogP contribution in [0.25, 0.3) is 0 Å². The topological polar surface area (TPSA) is 52.6 Å². The first kappa shape index (κ1) is 12.8. The first-order chi connectivity index (χ1) is 6.38. The number of hydrogen-bond donors (Lipinski definition) is 0. The van der Waals surface area contributed by atoms with Gasteiger partial charge in [0.25, 0.3) is 0 Å². The molecule has 4 nitrogen and oxygen atoms in total. The molecular weight excluding hydrogens is 184 g/mol. The molecule has 0 aliphatic rings. The molecule has 0 N–H and O–H groups in total. The predicted octanol–water partition coefficient (Wildman–Crippen LogP) is 1.30. The van der Waals surface area contributed by atoms with Crippen molar-refractivity contribution in [3.8, 4) is 0 Å². The van der Waals surface area contributed by atoms with Crippen molar-refractivity contribution >= 4 is 11.9 Å². The summed E-state index contributed by atoms with van der Waals surface area (Å²) in [5.41, 5.74) is -0.673. The van der Waals surface area contributed by atoms with E-state index in [1.807, 2.05) is 0 Å². The van der Waals surface area contributed by atoms with Crippen LogP contribution in [0.15, 0.2) is 12.7 Å². The third kappa shape index (κ3) is 5.48. The molecule has 0 saturated heterocycles. The molecule has 0 atom stereocenters. The molecule has 0 radical (unpaired) electrons. The van der Waals surface area contributed by atoms with Gasteiger partial charge >= 0.3 is 11.9 Å². The van der Waals surface area contributed by atoms with Crippen LogP contribution in [0, 0.1) is 5.41 Å². The highest BCUT2D eigenvalue weighted by Crippen LogP contribution is 2.14. The summed E-state index contributed by atoms with van der Waals surface area (Å²) in [6.07, 6.45) is 1.51. The number of rotatable bonds is 4. The molecule has 0 saturated carbocycles. The van der Waals surface area contributed by atoms with E-state index in [4.69, 9.17) is 4.74 Å². The Bertz CT molecular complexity index is 225. The van der Waals surface area contributed by atoms with Crippen molar-refractivity contribution in [1.82, 2.24) is 0 Å². The van der Waals surface area contributed by atoms with E-state index in [9.17, 15) is 9.59 Å². The first-order valence-electron chi connectivity index (χ1n) is 4.31. The summed E-state index contributed by atoms with van der Waals surface area (Å²) in [4.78, 5) is 22.2. The lowest BCUT2D eigenvalue weighted by Crippen LogP contribution is -2.27. The van der Waals surface area contributed by atoms with Gasteiger partial charge in [-0.05, 0) is 20.8 Å². The molecule has 14 heavy (non-hydrogen) atoms. The second-order valence-electron chi connectivity index (χ2n) is 3.82. The normalized spacial score (nSPS) is 10.8. The molecule has 0 rings (SSSR count). The summed E-state index contributed by atoms with van der Waals surface area (Å²) in [7, 11) is 0. The Labute approximate surface area is 83.9 Å². The molecule has 0 heterocycles. The minimum atomic E-state index is -0.674. The molecule has 4 heteroatoms. The number of ether oxygens (including phenoxy) is 2. The predicted molar refractivity (Wildman–Crippen MR) is 51.6 cm³/mol. The second kappa shape index (κ2) is 5.54. The average Bonchev–Trinajstić information content (AvgIpc) is 2.03. The Morgan fingerprint density at radius 1 is 1.36 bits per heavy atom. The van der Waals surface area contributed by atoms with Gasteiger partial charge in [0.05, 0.1) is 12.0 Å². The molecule has 80 valence electrons. The van der Waals surface area contributed by atoms with Crippen LogP contribution >= 0.6 is 0 Å². The monoisotopic (exact) mass is 200 g/mol. The zero-order chi connectivity index (χ0) is 11.2. The van der Waals surface area contributed by atoms with E-state index in [0.717, 1.165) is 0 Å². The van der Waals surface area contributed by atoms with Crippen LogP contribution in [0.1, 0.15) is 20.8 Å². The highest BCUT2D eigenvalue weighted by Gasteiger charge is 2.25. The van der Waals surface area contributed by atoms with Gasteiger partial charge in [0, 0.05) is 0 Å². The van der Waals surface area contributed by atoms with E-state index < -0.39 is 17.4 Å². The van der Waals surface area contributed by atoms with E-state index in [1.54, 1.807) is 20.8 Å². The average molecular weight is 200 g/mol. The Balaban J connectivity index is 3.83. The molecule has 0 amide bonds. The fraction of sp³-hybridized carbons (Fsp3) is 0.600. The van der Waals surface area contributed by atoms with Gasteiger partial charge in [-0.15, -0.1) is 6.58 Å². The van der Waals surface area contributed by atoms with Crippen LogP contribution in [0.4, 0.5) is 0 Å². The maximum atomic E-state index is 11.2. The SMILES string of the molecule is C=CCOCC(=O)OC(=O)C(C)(C)C. The Kier molecular flexibility index (Phi) is 5.09. The zero-order valence-corrected chi connectivity index (χ0v) is 8.83. The Morgan fingerprint density at radius 3 is 2.36 bits per heavy atom. The molecule has 0 aromatic carbocycles. The molecule has 0 bridgehead atoms. The van der Waals surface area contributed by atoms with Gasteiger partial charge in [-0.2, -0.15) is 0 Å². The minimum Gasteiger partial charge on any atom is -0.391 e. The van der Waals surface area contributed by atoms with Crippen molar-refractivity contribution in [1.29, 1.82) is 0 Å². The summed E-state index contributed by atoms with van der Waals surface area (Å²) < 4.78 is 9.34.